The molecule has 2 heteroatoms. The summed E-state index contributed by atoms with van der Waals surface area (Å²) < 4.78 is 2.20. The van der Waals surface area contributed by atoms with Crippen LogP contribution in [0.4, 0.5) is 0 Å². The summed E-state index contributed by atoms with van der Waals surface area (Å²) in [6.45, 7) is 7.62. The molecule has 1 aromatic heterocycles. The number of nitrogens with zero attached hydrogens (tertiary/aromatic N) is 1. The Balaban J connectivity index is 2.39. The maximum atomic E-state index is 5.80. The molecule has 1 aromatic carbocycles. The summed E-state index contributed by atoms with van der Waals surface area (Å²) in [6.07, 6.45) is 0. The van der Waals surface area contributed by atoms with E-state index < -0.39 is 0 Å². The Hall–Kier alpha value is -1.72. The number of para-hydroxylation sites is 1. The molecule has 0 aliphatic rings. The predicted octanol–water partition coefficient (Wildman–Crippen LogP) is 3.15. The lowest BCUT2D eigenvalue weighted by atomic mass is 9.98. The minimum atomic E-state index is 0.0475. The first kappa shape index (κ1) is 12.7. The number of hydrogen-bond donors (Lipinski definition) is 1. The molecule has 0 amide bonds. The van der Waals surface area contributed by atoms with Crippen LogP contribution in [0, 0.1) is 17.3 Å². The van der Waals surface area contributed by atoms with Crippen molar-refractivity contribution < 1.29 is 0 Å². The molecule has 0 saturated heterocycles. The van der Waals surface area contributed by atoms with Gasteiger partial charge in [0.25, 0.3) is 0 Å². The molecular formula is C16H20N2. The zero-order valence-electron chi connectivity index (χ0n) is 11.3. The highest BCUT2D eigenvalue weighted by molar-refractivity contribution is 5.81. The summed E-state index contributed by atoms with van der Waals surface area (Å²) in [7, 11) is 0. The molecule has 0 saturated carbocycles. The van der Waals surface area contributed by atoms with Crippen LogP contribution in [0.5, 0.6) is 0 Å². The zero-order chi connectivity index (χ0) is 13.2. The van der Waals surface area contributed by atoms with Crippen molar-refractivity contribution >= 4 is 10.9 Å². The molecule has 2 N–H and O–H groups in total. The van der Waals surface area contributed by atoms with Crippen LogP contribution >= 0.6 is 0 Å². The minimum Gasteiger partial charge on any atom is -0.332 e. The highest BCUT2D eigenvalue weighted by Crippen LogP contribution is 2.19. The molecule has 0 atom stereocenters. The predicted molar refractivity (Wildman–Crippen MR) is 77.1 cm³/mol. The van der Waals surface area contributed by atoms with Gasteiger partial charge in [0.15, 0.2) is 0 Å². The molecule has 1 heterocycles. The van der Waals surface area contributed by atoms with Gasteiger partial charge in [-0.15, -0.1) is 0 Å². The van der Waals surface area contributed by atoms with E-state index in [2.05, 4.69) is 61.4 Å². The maximum absolute atomic E-state index is 5.80. The van der Waals surface area contributed by atoms with E-state index in [0.29, 0.717) is 13.1 Å². The fraction of sp³-hybridized carbons (Fsp3) is 0.375. The van der Waals surface area contributed by atoms with Gasteiger partial charge in [-0.05, 0) is 38.3 Å². The Morgan fingerprint density at radius 1 is 1.22 bits per heavy atom. The van der Waals surface area contributed by atoms with Gasteiger partial charge < -0.3 is 10.3 Å². The number of rotatable bonds is 2. The average molecular weight is 240 g/mol. The summed E-state index contributed by atoms with van der Waals surface area (Å²) >= 11 is 0. The molecule has 2 aromatic rings. The van der Waals surface area contributed by atoms with Gasteiger partial charge in [-0.25, -0.2) is 0 Å². The molecular weight excluding hydrogens is 220 g/mol. The van der Waals surface area contributed by atoms with Crippen LogP contribution in [-0.2, 0) is 13.1 Å². The van der Waals surface area contributed by atoms with Crippen LogP contribution < -0.4 is 5.73 Å². The second-order valence-corrected chi connectivity index (χ2v) is 5.54. The topological polar surface area (TPSA) is 30.9 Å². The van der Waals surface area contributed by atoms with E-state index in [4.69, 9.17) is 5.73 Å². The lowest BCUT2D eigenvalue weighted by Gasteiger charge is -2.08. The first-order valence-electron chi connectivity index (χ1n) is 6.28. The van der Waals surface area contributed by atoms with Gasteiger partial charge >= 0.3 is 0 Å². The lowest BCUT2D eigenvalue weighted by Crippen LogP contribution is -2.07. The normalized spacial score (nSPS) is 11.3. The Morgan fingerprint density at radius 2 is 1.94 bits per heavy atom. The molecule has 0 spiro atoms. The van der Waals surface area contributed by atoms with Crippen molar-refractivity contribution in [1.29, 1.82) is 0 Å². The smallest absolute Gasteiger partial charge is 0.0841 e. The van der Waals surface area contributed by atoms with E-state index in [1.165, 1.54) is 10.9 Å². The number of benzene rings is 1. The third-order valence-corrected chi connectivity index (χ3v) is 2.81. The third kappa shape index (κ3) is 2.75. The van der Waals surface area contributed by atoms with Crippen LogP contribution in [-0.4, -0.2) is 4.57 Å². The van der Waals surface area contributed by atoms with Gasteiger partial charge in [0.05, 0.1) is 6.54 Å². The number of fused-ring (bicyclic) bond motifs is 1. The van der Waals surface area contributed by atoms with Gasteiger partial charge in [0, 0.05) is 23.2 Å². The van der Waals surface area contributed by atoms with Gasteiger partial charge in [-0.1, -0.05) is 30.0 Å². The monoisotopic (exact) mass is 240 g/mol. The van der Waals surface area contributed by atoms with E-state index in [0.717, 1.165) is 5.69 Å². The number of hydrogen-bond acceptors (Lipinski definition) is 1. The summed E-state index contributed by atoms with van der Waals surface area (Å²) in [4.78, 5) is 0. The SMILES string of the molecule is CC(C)(C)C#CCn1c(CN)cc2ccccc21. The molecule has 0 unspecified atom stereocenters. The van der Waals surface area contributed by atoms with Crippen molar-refractivity contribution in [1.82, 2.24) is 4.57 Å². The molecule has 2 rings (SSSR count). The molecule has 0 bridgehead atoms. The minimum absolute atomic E-state index is 0.0475. The molecule has 0 radical (unpaired) electrons. The zero-order valence-corrected chi connectivity index (χ0v) is 11.3. The summed E-state index contributed by atoms with van der Waals surface area (Å²) in [6, 6.07) is 10.5. The maximum Gasteiger partial charge on any atom is 0.0841 e. The number of nitrogens with two attached hydrogens (primary N) is 1. The first-order valence-corrected chi connectivity index (χ1v) is 6.28. The Labute approximate surface area is 109 Å². The quantitative estimate of drug-likeness (QED) is 0.803. The Kier molecular flexibility index (Phi) is 3.45. The van der Waals surface area contributed by atoms with Crippen molar-refractivity contribution in [3.05, 3.63) is 36.0 Å². The molecule has 0 aliphatic carbocycles. The van der Waals surface area contributed by atoms with Crippen LogP contribution in [0.15, 0.2) is 30.3 Å². The van der Waals surface area contributed by atoms with Gasteiger partial charge in [0.1, 0.15) is 0 Å². The van der Waals surface area contributed by atoms with E-state index >= 15 is 0 Å². The Morgan fingerprint density at radius 3 is 2.61 bits per heavy atom. The van der Waals surface area contributed by atoms with Crippen molar-refractivity contribution in [3.8, 4) is 11.8 Å². The van der Waals surface area contributed by atoms with Gasteiger partial charge in [-0.3, -0.25) is 0 Å². The summed E-state index contributed by atoms with van der Waals surface area (Å²) in [5, 5.41) is 1.23. The molecule has 0 aliphatic heterocycles. The van der Waals surface area contributed by atoms with Crippen molar-refractivity contribution in [2.45, 2.75) is 33.9 Å². The highest BCUT2D eigenvalue weighted by Gasteiger charge is 2.06. The third-order valence-electron chi connectivity index (χ3n) is 2.81. The van der Waals surface area contributed by atoms with Crippen molar-refractivity contribution in [2.75, 3.05) is 0 Å². The van der Waals surface area contributed by atoms with Crippen LogP contribution in [0.1, 0.15) is 26.5 Å². The van der Waals surface area contributed by atoms with E-state index in [9.17, 15) is 0 Å². The van der Waals surface area contributed by atoms with Crippen LogP contribution in [0.25, 0.3) is 10.9 Å². The molecule has 94 valence electrons. The highest BCUT2D eigenvalue weighted by atomic mass is 15.0. The first-order chi connectivity index (χ1) is 8.51. The molecule has 0 fully saturated rings. The van der Waals surface area contributed by atoms with Crippen molar-refractivity contribution in [3.63, 3.8) is 0 Å². The summed E-state index contributed by atoms with van der Waals surface area (Å²) in [5.41, 5.74) is 8.20. The Bertz CT molecular complexity index is 603. The van der Waals surface area contributed by atoms with E-state index in [1.54, 1.807) is 0 Å². The standard InChI is InChI=1S/C16H20N2/c1-16(2,3)9-6-10-18-14(12-17)11-13-7-4-5-8-15(13)18/h4-5,7-8,11H,10,12,17H2,1-3H3. The fourth-order valence-corrected chi connectivity index (χ4v) is 2.01. The van der Waals surface area contributed by atoms with E-state index in [1.807, 2.05) is 6.07 Å². The second-order valence-electron chi connectivity index (χ2n) is 5.54. The lowest BCUT2D eigenvalue weighted by molar-refractivity contribution is 0.569. The van der Waals surface area contributed by atoms with Crippen LogP contribution in [0.2, 0.25) is 0 Å². The van der Waals surface area contributed by atoms with Gasteiger partial charge in [0.2, 0.25) is 0 Å². The summed E-state index contributed by atoms with van der Waals surface area (Å²) in [5.74, 6) is 6.52. The molecule has 18 heavy (non-hydrogen) atoms. The fourth-order valence-electron chi connectivity index (χ4n) is 2.01. The van der Waals surface area contributed by atoms with E-state index in [-0.39, 0.29) is 5.41 Å². The van der Waals surface area contributed by atoms with Crippen molar-refractivity contribution in [2.24, 2.45) is 11.1 Å². The van der Waals surface area contributed by atoms with Crippen LogP contribution in [0.3, 0.4) is 0 Å². The van der Waals surface area contributed by atoms with Gasteiger partial charge in [-0.2, -0.15) is 0 Å². The molecule has 2 nitrogen and oxygen atoms in total. The number of aromatic nitrogens is 1. The second kappa shape index (κ2) is 4.88. The largest absolute Gasteiger partial charge is 0.332 e. The average Bonchev–Trinajstić information content (AvgIpc) is 2.66.